The van der Waals surface area contributed by atoms with Crippen LogP contribution in [-0.4, -0.2) is 25.0 Å². The van der Waals surface area contributed by atoms with Crippen LogP contribution >= 0.6 is 0 Å². The van der Waals surface area contributed by atoms with Crippen LogP contribution < -0.4 is 10.6 Å². The third-order valence-electron chi connectivity index (χ3n) is 4.11. The average Bonchev–Trinajstić information content (AvgIpc) is 3.23. The number of aryl methyl sites for hydroxylation is 1. The Bertz CT molecular complexity index is 663. The first-order valence-corrected chi connectivity index (χ1v) is 8.06. The molecule has 0 bridgehead atoms. The Labute approximate surface area is 135 Å². The van der Waals surface area contributed by atoms with E-state index < -0.39 is 0 Å². The number of hydrogen-bond donors (Lipinski definition) is 2. The number of carbonyl (C=O) groups is 1. The molecular formula is C18H21FN2O2. The highest BCUT2D eigenvalue weighted by molar-refractivity contribution is 5.76. The van der Waals surface area contributed by atoms with Crippen LogP contribution in [0.3, 0.4) is 0 Å². The van der Waals surface area contributed by atoms with Gasteiger partial charge in [0.05, 0.1) is 5.56 Å². The number of rotatable bonds is 6. The summed E-state index contributed by atoms with van der Waals surface area (Å²) in [6.45, 7) is 1.71. The highest BCUT2D eigenvalue weighted by Gasteiger charge is 2.15. The molecule has 0 spiro atoms. The van der Waals surface area contributed by atoms with Crippen LogP contribution in [0.4, 0.5) is 4.39 Å². The lowest BCUT2D eigenvalue weighted by Crippen LogP contribution is -2.37. The molecule has 4 nitrogen and oxygen atoms in total. The molecule has 122 valence electrons. The minimum atomic E-state index is -0.310. The van der Waals surface area contributed by atoms with Crippen molar-refractivity contribution in [2.24, 2.45) is 0 Å². The summed E-state index contributed by atoms with van der Waals surface area (Å²) in [5.41, 5.74) is 0.440. The minimum absolute atomic E-state index is 0.0162. The molecule has 1 fully saturated rings. The van der Waals surface area contributed by atoms with E-state index in [2.05, 4.69) is 10.6 Å². The first-order valence-electron chi connectivity index (χ1n) is 8.06. The highest BCUT2D eigenvalue weighted by atomic mass is 19.1. The summed E-state index contributed by atoms with van der Waals surface area (Å²) in [7, 11) is 0. The predicted octanol–water partition coefficient (Wildman–Crippen LogP) is 2.89. The van der Waals surface area contributed by atoms with E-state index in [1.165, 1.54) is 12.5 Å². The number of amides is 1. The molecule has 2 heterocycles. The maximum atomic E-state index is 13.7. The minimum Gasteiger partial charge on any atom is -0.461 e. The Hall–Kier alpha value is -2.14. The van der Waals surface area contributed by atoms with Gasteiger partial charge >= 0.3 is 0 Å². The zero-order valence-electron chi connectivity index (χ0n) is 13.0. The van der Waals surface area contributed by atoms with Gasteiger partial charge in [-0.25, -0.2) is 4.39 Å². The monoisotopic (exact) mass is 316 g/mol. The molecular weight excluding hydrogens is 295 g/mol. The van der Waals surface area contributed by atoms with E-state index in [-0.39, 0.29) is 11.7 Å². The molecule has 1 unspecified atom stereocenters. The first-order chi connectivity index (χ1) is 11.2. The van der Waals surface area contributed by atoms with E-state index in [1.807, 2.05) is 0 Å². The largest absolute Gasteiger partial charge is 0.461 e. The summed E-state index contributed by atoms with van der Waals surface area (Å²) in [6, 6.07) is 10.4. The maximum absolute atomic E-state index is 13.7. The lowest BCUT2D eigenvalue weighted by Gasteiger charge is -2.11. The Kier molecular flexibility index (Phi) is 5.08. The molecule has 1 aromatic heterocycles. The molecule has 2 aromatic rings. The summed E-state index contributed by atoms with van der Waals surface area (Å²) in [6.07, 6.45) is 3.17. The van der Waals surface area contributed by atoms with Gasteiger partial charge in [-0.1, -0.05) is 12.1 Å². The topological polar surface area (TPSA) is 54.3 Å². The van der Waals surface area contributed by atoms with E-state index in [1.54, 1.807) is 30.3 Å². The van der Waals surface area contributed by atoms with Crippen LogP contribution in [0.1, 0.15) is 25.0 Å². The Morgan fingerprint density at radius 1 is 1.30 bits per heavy atom. The van der Waals surface area contributed by atoms with Crippen LogP contribution in [-0.2, 0) is 11.2 Å². The Balaban J connectivity index is 1.49. The second kappa shape index (κ2) is 7.42. The molecule has 1 aromatic carbocycles. The smallest absolute Gasteiger partial charge is 0.220 e. The van der Waals surface area contributed by atoms with Crippen molar-refractivity contribution in [2.45, 2.75) is 31.7 Å². The van der Waals surface area contributed by atoms with Gasteiger partial charge in [-0.2, -0.15) is 0 Å². The summed E-state index contributed by atoms with van der Waals surface area (Å²) in [4.78, 5) is 11.9. The number of furan rings is 1. The first kappa shape index (κ1) is 15.7. The second-order valence-corrected chi connectivity index (χ2v) is 5.84. The fourth-order valence-corrected chi connectivity index (χ4v) is 2.81. The van der Waals surface area contributed by atoms with E-state index in [0.29, 0.717) is 42.5 Å². The quantitative estimate of drug-likeness (QED) is 0.861. The molecule has 1 amide bonds. The third kappa shape index (κ3) is 4.20. The van der Waals surface area contributed by atoms with E-state index in [9.17, 15) is 9.18 Å². The number of halogens is 1. The second-order valence-electron chi connectivity index (χ2n) is 5.84. The molecule has 1 saturated heterocycles. The normalized spacial score (nSPS) is 17.3. The number of benzene rings is 1. The number of nitrogens with one attached hydrogen (secondary N) is 2. The van der Waals surface area contributed by atoms with Crippen molar-refractivity contribution in [3.05, 3.63) is 48.0 Å². The molecule has 23 heavy (non-hydrogen) atoms. The fourth-order valence-electron chi connectivity index (χ4n) is 2.81. The van der Waals surface area contributed by atoms with Gasteiger partial charge < -0.3 is 15.1 Å². The Morgan fingerprint density at radius 2 is 2.17 bits per heavy atom. The molecule has 3 rings (SSSR count). The van der Waals surface area contributed by atoms with Crippen LogP contribution in [0, 0.1) is 5.82 Å². The van der Waals surface area contributed by atoms with Crippen molar-refractivity contribution >= 4 is 5.91 Å². The van der Waals surface area contributed by atoms with E-state index in [4.69, 9.17) is 4.42 Å². The van der Waals surface area contributed by atoms with Gasteiger partial charge in [0.25, 0.3) is 0 Å². The summed E-state index contributed by atoms with van der Waals surface area (Å²) in [5, 5.41) is 6.28. The summed E-state index contributed by atoms with van der Waals surface area (Å²) in [5.74, 6) is 0.892. The SMILES string of the molecule is O=C(CCc1ccc(-c2ccccc2F)o1)NCC1CCCN1. The van der Waals surface area contributed by atoms with Gasteiger partial charge in [-0.3, -0.25) is 4.79 Å². The van der Waals surface area contributed by atoms with Crippen molar-refractivity contribution in [2.75, 3.05) is 13.1 Å². The summed E-state index contributed by atoms with van der Waals surface area (Å²) < 4.78 is 19.4. The Morgan fingerprint density at radius 3 is 2.96 bits per heavy atom. The van der Waals surface area contributed by atoms with Crippen molar-refractivity contribution < 1.29 is 13.6 Å². The maximum Gasteiger partial charge on any atom is 0.220 e. The molecule has 2 N–H and O–H groups in total. The van der Waals surface area contributed by atoms with Crippen molar-refractivity contribution in [1.29, 1.82) is 0 Å². The zero-order valence-corrected chi connectivity index (χ0v) is 13.0. The molecule has 0 saturated carbocycles. The third-order valence-corrected chi connectivity index (χ3v) is 4.11. The van der Waals surface area contributed by atoms with Crippen LogP contribution in [0.15, 0.2) is 40.8 Å². The van der Waals surface area contributed by atoms with Crippen molar-refractivity contribution in [3.63, 3.8) is 0 Å². The van der Waals surface area contributed by atoms with Crippen molar-refractivity contribution in [1.82, 2.24) is 10.6 Å². The number of hydrogen-bond acceptors (Lipinski definition) is 3. The van der Waals surface area contributed by atoms with Crippen LogP contribution in [0.25, 0.3) is 11.3 Å². The zero-order chi connectivity index (χ0) is 16.1. The summed E-state index contributed by atoms with van der Waals surface area (Å²) >= 11 is 0. The standard InChI is InChI=1S/C18H21FN2O2/c19-16-6-2-1-5-15(16)17-9-7-14(23-17)8-10-18(22)21-12-13-4-3-11-20-13/h1-2,5-7,9,13,20H,3-4,8,10-12H2,(H,21,22). The lowest BCUT2D eigenvalue weighted by molar-refractivity contribution is -0.121. The predicted molar refractivity (Wildman–Crippen MR) is 86.5 cm³/mol. The van der Waals surface area contributed by atoms with Gasteiger partial charge in [0.1, 0.15) is 17.3 Å². The molecule has 1 aliphatic heterocycles. The van der Waals surface area contributed by atoms with Gasteiger partial charge in [0.2, 0.25) is 5.91 Å². The fraction of sp³-hybridized carbons (Fsp3) is 0.389. The van der Waals surface area contributed by atoms with E-state index >= 15 is 0 Å². The van der Waals surface area contributed by atoms with Gasteiger partial charge in [-0.15, -0.1) is 0 Å². The molecule has 1 aliphatic rings. The van der Waals surface area contributed by atoms with Crippen LogP contribution in [0.2, 0.25) is 0 Å². The van der Waals surface area contributed by atoms with Gasteiger partial charge in [0, 0.05) is 25.4 Å². The van der Waals surface area contributed by atoms with Crippen LogP contribution in [0.5, 0.6) is 0 Å². The molecule has 1 atom stereocenters. The molecule has 5 heteroatoms. The highest BCUT2D eigenvalue weighted by Crippen LogP contribution is 2.25. The molecule has 0 aliphatic carbocycles. The van der Waals surface area contributed by atoms with Crippen molar-refractivity contribution in [3.8, 4) is 11.3 Å². The molecule has 0 radical (unpaired) electrons. The van der Waals surface area contributed by atoms with Gasteiger partial charge in [-0.05, 0) is 43.7 Å². The average molecular weight is 316 g/mol. The van der Waals surface area contributed by atoms with Gasteiger partial charge in [0.15, 0.2) is 0 Å². The lowest BCUT2D eigenvalue weighted by atomic mass is 10.1. The van der Waals surface area contributed by atoms with E-state index in [0.717, 1.165) is 13.0 Å². The number of carbonyl (C=O) groups excluding carboxylic acids is 1.